The number of carbonyl (C=O) groups is 3. The monoisotopic (exact) mass is 555 g/mol. The Hall–Kier alpha value is -4.03. The summed E-state index contributed by atoms with van der Waals surface area (Å²) in [6.45, 7) is 10.6. The first-order valence-electron chi connectivity index (χ1n) is 11.6. The summed E-state index contributed by atoms with van der Waals surface area (Å²) in [5, 5.41) is 22.0. The minimum absolute atomic E-state index is 0.000892. The number of benzene rings is 1. The molecule has 1 atom stereocenters. The maximum absolute atomic E-state index is 13.8. The Morgan fingerprint density at radius 1 is 1.13 bits per heavy atom. The van der Waals surface area contributed by atoms with E-state index in [0.717, 1.165) is 27.6 Å². The van der Waals surface area contributed by atoms with Crippen molar-refractivity contribution in [3.63, 3.8) is 0 Å². The van der Waals surface area contributed by atoms with Gasteiger partial charge in [0.25, 0.3) is 5.91 Å². The van der Waals surface area contributed by atoms with Crippen molar-refractivity contribution in [2.24, 2.45) is 0 Å². The van der Waals surface area contributed by atoms with Gasteiger partial charge in [-0.25, -0.2) is 14.8 Å². The van der Waals surface area contributed by atoms with Gasteiger partial charge in [0.2, 0.25) is 5.78 Å². The number of aliphatic hydroxyl groups excluding tert-OH is 1. The lowest BCUT2D eigenvalue weighted by Gasteiger charge is -2.25. The molecule has 1 aliphatic rings. The number of ketones is 1. The standard InChI is InChI=1S/C26H25N3O7S2/c1-6-10-36-25(34)23-13(4)28-26(38-23)29-19(15-8-9-16(30)17(11-15)35-7-2)18(21(32)24(29)33)20(31)22-12(3)27-14(5)37-22/h6,8-9,11,19,30,32H,1,7,10H2,2-5H3. The molecule has 12 heteroatoms. The van der Waals surface area contributed by atoms with Crippen molar-refractivity contribution >= 4 is 45.5 Å². The number of anilines is 1. The number of phenols is 1. The van der Waals surface area contributed by atoms with Gasteiger partial charge in [-0.3, -0.25) is 14.5 Å². The fourth-order valence-corrected chi connectivity index (χ4v) is 5.92. The van der Waals surface area contributed by atoms with E-state index >= 15 is 0 Å². The zero-order valence-corrected chi connectivity index (χ0v) is 22.7. The maximum Gasteiger partial charge on any atom is 0.350 e. The first-order valence-corrected chi connectivity index (χ1v) is 13.2. The Kier molecular flexibility index (Phi) is 7.65. The van der Waals surface area contributed by atoms with Crippen molar-refractivity contribution in [3.8, 4) is 11.5 Å². The van der Waals surface area contributed by atoms with Gasteiger partial charge in [0.05, 0.1) is 39.5 Å². The molecule has 2 aromatic heterocycles. The van der Waals surface area contributed by atoms with Gasteiger partial charge in [0.15, 0.2) is 22.4 Å². The fraction of sp³-hybridized carbons (Fsp3) is 0.269. The molecule has 0 radical (unpaired) electrons. The number of hydrogen-bond donors (Lipinski definition) is 2. The summed E-state index contributed by atoms with van der Waals surface area (Å²) in [6, 6.07) is 3.28. The van der Waals surface area contributed by atoms with E-state index in [-0.39, 0.29) is 45.2 Å². The molecule has 0 spiro atoms. The molecule has 0 saturated heterocycles. The Bertz CT molecular complexity index is 1490. The molecule has 198 valence electrons. The number of thiazole rings is 2. The highest BCUT2D eigenvalue weighted by Crippen LogP contribution is 2.45. The SMILES string of the molecule is C=CCOC(=O)c1sc(N2C(=O)C(O)=C(C(=O)c3sc(C)nc3C)C2c2ccc(O)c(OCC)c2)nc1C. The third-order valence-electron chi connectivity index (χ3n) is 5.67. The summed E-state index contributed by atoms with van der Waals surface area (Å²) in [4.78, 5) is 50.1. The van der Waals surface area contributed by atoms with Gasteiger partial charge in [-0.1, -0.05) is 30.1 Å². The van der Waals surface area contributed by atoms with E-state index in [1.54, 1.807) is 27.7 Å². The topological polar surface area (TPSA) is 139 Å². The van der Waals surface area contributed by atoms with Gasteiger partial charge >= 0.3 is 5.97 Å². The summed E-state index contributed by atoms with van der Waals surface area (Å²) in [5.74, 6) is -2.77. The van der Waals surface area contributed by atoms with Gasteiger partial charge in [0.1, 0.15) is 11.5 Å². The normalized spacial score (nSPS) is 15.2. The second-order valence-corrected chi connectivity index (χ2v) is 10.5. The van der Waals surface area contributed by atoms with Gasteiger partial charge in [-0.05, 0) is 45.4 Å². The van der Waals surface area contributed by atoms with E-state index in [4.69, 9.17) is 9.47 Å². The number of Topliss-reactive ketones (excluding diaryl/α,β-unsaturated/α-hetero) is 1. The Labute approximate surface area is 226 Å². The van der Waals surface area contributed by atoms with Crippen molar-refractivity contribution in [2.75, 3.05) is 18.1 Å². The van der Waals surface area contributed by atoms with Crippen LogP contribution in [0.3, 0.4) is 0 Å². The predicted molar refractivity (Wildman–Crippen MR) is 142 cm³/mol. The highest BCUT2D eigenvalue weighted by Gasteiger charge is 2.47. The summed E-state index contributed by atoms with van der Waals surface area (Å²) in [5.41, 5.74) is 1.01. The molecule has 1 amide bonds. The Morgan fingerprint density at radius 3 is 2.47 bits per heavy atom. The van der Waals surface area contributed by atoms with Gasteiger partial charge in [0, 0.05) is 0 Å². The maximum atomic E-state index is 13.8. The number of aromatic nitrogens is 2. The highest BCUT2D eigenvalue weighted by atomic mass is 32.1. The first kappa shape index (κ1) is 27.0. The fourth-order valence-electron chi connectivity index (χ4n) is 4.06. The molecular weight excluding hydrogens is 530 g/mol. The molecule has 3 aromatic rings. The number of phenolic OH excluding ortho intramolecular Hbond substituents is 1. The smallest absolute Gasteiger partial charge is 0.350 e. The van der Waals surface area contributed by atoms with Crippen molar-refractivity contribution in [2.45, 2.75) is 33.7 Å². The molecular formula is C26H25N3O7S2. The Balaban J connectivity index is 1.88. The number of aliphatic hydroxyl groups is 1. The zero-order valence-electron chi connectivity index (χ0n) is 21.1. The van der Waals surface area contributed by atoms with Crippen LogP contribution in [0.15, 0.2) is 42.2 Å². The third-order valence-corrected chi connectivity index (χ3v) is 7.88. The summed E-state index contributed by atoms with van der Waals surface area (Å²) < 4.78 is 10.6. The molecule has 1 aliphatic heterocycles. The van der Waals surface area contributed by atoms with E-state index in [0.29, 0.717) is 22.0 Å². The summed E-state index contributed by atoms with van der Waals surface area (Å²) in [6.07, 6.45) is 1.43. The van der Waals surface area contributed by atoms with Crippen LogP contribution in [0.5, 0.6) is 11.5 Å². The van der Waals surface area contributed by atoms with Crippen molar-refractivity contribution < 1.29 is 34.1 Å². The van der Waals surface area contributed by atoms with E-state index < -0.39 is 29.5 Å². The highest BCUT2D eigenvalue weighted by molar-refractivity contribution is 7.17. The average Bonchev–Trinajstić information content (AvgIpc) is 3.51. The lowest BCUT2D eigenvalue weighted by molar-refractivity contribution is -0.117. The largest absolute Gasteiger partial charge is 0.504 e. The van der Waals surface area contributed by atoms with E-state index in [2.05, 4.69) is 16.5 Å². The number of amides is 1. The van der Waals surface area contributed by atoms with Crippen LogP contribution in [0.4, 0.5) is 5.13 Å². The summed E-state index contributed by atoms with van der Waals surface area (Å²) in [7, 11) is 0. The van der Waals surface area contributed by atoms with E-state index in [9.17, 15) is 24.6 Å². The molecule has 1 unspecified atom stereocenters. The van der Waals surface area contributed by atoms with Crippen LogP contribution in [0, 0.1) is 20.8 Å². The van der Waals surface area contributed by atoms with Crippen molar-refractivity contribution in [3.05, 3.63) is 73.9 Å². The second kappa shape index (κ2) is 10.8. The van der Waals surface area contributed by atoms with Crippen LogP contribution < -0.4 is 9.64 Å². The Morgan fingerprint density at radius 2 is 1.84 bits per heavy atom. The number of hydrogen-bond acceptors (Lipinski definition) is 11. The zero-order chi connectivity index (χ0) is 27.7. The van der Waals surface area contributed by atoms with Crippen molar-refractivity contribution in [1.82, 2.24) is 9.97 Å². The number of carbonyl (C=O) groups excluding carboxylic acids is 3. The van der Waals surface area contributed by atoms with Gasteiger partial charge in [-0.15, -0.1) is 11.3 Å². The van der Waals surface area contributed by atoms with Crippen LogP contribution >= 0.6 is 22.7 Å². The molecule has 38 heavy (non-hydrogen) atoms. The lowest BCUT2D eigenvalue weighted by Crippen LogP contribution is -2.31. The van der Waals surface area contributed by atoms with Crippen LogP contribution in [-0.2, 0) is 9.53 Å². The molecule has 0 saturated carbocycles. The third kappa shape index (κ3) is 4.79. The number of nitrogens with zero attached hydrogens (tertiary/aromatic N) is 3. The molecule has 10 nitrogen and oxygen atoms in total. The number of ether oxygens (including phenoxy) is 2. The molecule has 1 aromatic carbocycles. The molecule has 2 N–H and O–H groups in total. The molecule has 0 aliphatic carbocycles. The van der Waals surface area contributed by atoms with Gasteiger partial charge in [-0.2, -0.15) is 0 Å². The van der Waals surface area contributed by atoms with Crippen LogP contribution in [-0.4, -0.2) is 51.1 Å². The first-order chi connectivity index (χ1) is 18.1. The number of rotatable bonds is 9. The quantitative estimate of drug-likeness (QED) is 0.217. The molecule has 0 fully saturated rings. The predicted octanol–water partition coefficient (Wildman–Crippen LogP) is 4.75. The van der Waals surface area contributed by atoms with Crippen molar-refractivity contribution in [1.29, 1.82) is 0 Å². The number of esters is 1. The minimum Gasteiger partial charge on any atom is -0.504 e. The van der Waals surface area contributed by atoms with Crippen LogP contribution in [0.25, 0.3) is 0 Å². The average molecular weight is 556 g/mol. The number of aromatic hydroxyl groups is 1. The molecule has 3 heterocycles. The van der Waals surface area contributed by atoms with Crippen LogP contribution in [0.2, 0.25) is 0 Å². The van der Waals surface area contributed by atoms with E-state index in [1.165, 1.54) is 24.3 Å². The summed E-state index contributed by atoms with van der Waals surface area (Å²) >= 11 is 2.06. The number of aryl methyl sites for hydroxylation is 3. The second-order valence-electron chi connectivity index (χ2n) is 8.27. The molecule has 0 bridgehead atoms. The minimum atomic E-state index is -1.13. The van der Waals surface area contributed by atoms with Gasteiger partial charge < -0.3 is 19.7 Å². The van der Waals surface area contributed by atoms with Crippen LogP contribution in [0.1, 0.15) is 54.3 Å². The molecule has 4 rings (SSSR count). The lowest BCUT2D eigenvalue weighted by atomic mass is 9.95. The van der Waals surface area contributed by atoms with E-state index in [1.807, 2.05) is 0 Å².